The normalized spacial score (nSPS) is 11.2. The Morgan fingerprint density at radius 2 is 1.84 bits per heavy atom. The van der Waals surface area contributed by atoms with E-state index in [1.807, 2.05) is 31.2 Å². The van der Waals surface area contributed by atoms with Gasteiger partial charge >= 0.3 is 0 Å². The first kappa shape index (κ1) is 19.6. The lowest BCUT2D eigenvalue weighted by atomic mass is 10.1. The van der Waals surface area contributed by atoms with Gasteiger partial charge in [-0.1, -0.05) is 47.5 Å². The number of sulfonamides is 1. The van der Waals surface area contributed by atoms with Gasteiger partial charge in [0.15, 0.2) is 0 Å². The number of benzene rings is 2. The molecule has 0 radical (unpaired) electrons. The van der Waals surface area contributed by atoms with Gasteiger partial charge in [0.1, 0.15) is 6.54 Å². The molecule has 0 fully saturated rings. The van der Waals surface area contributed by atoms with Crippen LogP contribution in [0.1, 0.15) is 11.1 Å². The minimum absolute atomic E-state index is 0.157. The Morgan fingerprint density at radius 1 is 1.16 bits per heavy atom. The van der Waals surface area contributed by atoms with Crippen LogP contribution in [0.2, 0.25) is 10.0 Å². The second kappa shape index (κ2) is 8.08. The van der Waals surface area contributed by atoms with Gasteiger partial charge in [0.25, 0.3) is 0 Å². The number of carbonyl (C=O) groups is 1. The third kappa shape index (κ3) is 5.36. The van der Waals surface area contributed by atoms with Crippen molar-refractivity contribution in [3.8, 4) is 0 Å². The molecule has 8 heteroatoms. The number of hydrogen-bond donors (Lipinski definition) is 1. The second-order valence-electron chi connectivity index (χ2n) is 5.57. The maximum Gasteiger partial charge on any atom is 0.241 e. The Morgan fingerprint density at radius 3 is 2.44 bits per heavy atom. The van der Waals surface area contributed by atoms with Crippen molar-refractivity contribution >= 4 is 44.8 Å². The predicted octanol–water partition coefficient (Wildman–Crippen LogP) is 3.38. The summed E-state index contributed by atoms with van der Waals surface area (Å²) in [5, 5.41) is 3.27. The van der Waals surface area contributed by atoms with Crippen LogP contribution in [0.15, 0.2) is 42.5 Å². The molecule has 0 heterocycles. The van der Waals surface area contributed by atoms with Crippen molar-refractivity contribution in [3.63, 3.8) is 0 Å². The molecule has 0 saturated carbocycles. The zero-order valence-corrected chi connectivity index (χ0v) is 16.1. The molecule has 0 aromatic heterocycles. The summed E-state index contributed by atoms with van der Waals surface area (Å²) in [6.07, 6.45) is 1.02. The van der Waals surface area contributed by atoms with E-state index in [0.29, 0.717) is 11.6 Å². The van der Waals surface area contributed by atoms with Crippen LogP contribution < -0.4 is 9.62 Å². The van der Waals surface area contributed by atoms with E-state index in [9.17, 15) is 13.2 Å². The van der Waals surface area contributed by atoms with Crippen LogP contribution in [0.25, 0.3) is 0 Å². The molecule has 0 unspecified atom stereocenters. The third-order valence-corrected chi connectivity index (χ3v) is 5.27. The first-order valence-corrected chi connectivity index (χ1v) is 10.0. The fourth-order valence-electron chi connectivity index (χ4n) is 2.25. The van der Waals surface area contributed by atoms with Crippen molar-refractivity contribution in [2.75, 3.05) is 17.1 Å². The standard InChI is InChI=1S/C17H18Cl2N2O3S/c1-12-5-3-4-6-13(12)10-20-17(22)11-21(25(2,23)24)16-8-7-14(18)9-15(16)19/h3-9H,10-11H2,1-2H3,(H,20,22). The van der Waals surface area contributed by atoms with Gasteiger partial charge in [0, 0.05) is 11.6 Å². The molecule has 134 valence electrons. The van der Waals surface area contributed by atoms with Crippen molar-refractivity contribution < 1.29 is 13.2 Å². The van der Waals surface area contributed by atoms with Gasteiger partial charge in [-0.3, -0.25) is 9.10 Å². The maximum absolute atomic E-state index is 12.2. The lowest BCUT2D eigenvalue weighted by molar-refractivity contribution is -0.119. The monoisotopic (exact) mass is 400 g/mol. The minimum atomic E-state index is -3.69. The highest BCUT2D eigenvalue weighted by Gasteiger charge is 2.23. The van der Waals surface area contributed by atoms with E-state index < -0.39 is 15.9 Å². The highest BCUT2D eigenvalue weighted by atomic mass is 35.5. The van der Waals surface area contributed by atoms with Crippen molar-refractivity contribution in [1.29, 1.82) is 0 Å². The molecular weight excluding hydrogens is 383 g/mol. The zero-order valence-electron chi connectivity index (χ0n) is 13.8. The minimum Gasteiger partial charge on any atom is -0.350 e. The Hall–Kier alpha value is -1.76. The third-order valence-electron chi connectivity index (χ3n) is 3.60. The number of aryl methyl sites for hydroxylation is 1. The fourth-order valence-corrected chi connectivity index (χ4v) is 3.68. The van der Waals surface area contributed by atoms with E-state index in [2.05, 4.69) is 5.32 Å². The fraction of sp³-hybridized carbons (Fsp3) is 0.235. The number of nitrogens with zero attached hydrogens (tertiary/aromatic N) is 1. The molecule has 2 aromatic rings. The smallest absolute Gasteiger partial charge is 0.241 e. The summed E-state index contributed by atoms with van der Waals surface area (Å²) in [5.74, 6) is -0.431. The lowest BCUT2D eigenvalue weighted by Gasteiger charge is -2.23. The molecule has 0 aliphatic heterocycles. The first-order chi connectivity index (χ1) is 11.7. The van der Waals surface area contributed by atoms with Crippen molar-refractivity contribution in [2.24, 2.45) is 0 Å². The number of rotatable bonds is 6. The summed E-state index contributed by atoms with van der Waals surface area (Å²) in [5.41, 5.74) is 2.22. The Balaban J connectivity index is 2.15. The number of anilines is 1. The van der Waals surface area contributed by atoms with Crippen molar-refractivity contribution in [3.05, 3.63) is 63.6 Å². The van der Waals surface area contributed by atoms with Gasteiger partial charge in [0.05, 0.1) is 17.0 Å². The highest BCUT2D eigenvalue weighted by Crippen LogP contribution is 2.30. The average molecular weight is 401 g/mol. The SMILES string of the molecule is Cc1ccccc1CNC(=O)CN(c1ccc(Cl)cc1Cl)S(C)(=O)=O. The summed E-state index contributed by atoms with van der Waals surface area (Å²) in [7, 11) is -3.69. The number of nitrogens with one attached hydrogen (secondary N) is 1. The molecular formula is C17H18Cl2N2O3S. The summed E-state index contributed by atoms with van der Waals surface area (Å²) >= 11 is 11.9. The van der Waals surface area contributed by atoms with Crippen molar-refractivity contribution in [1.82, 2.24) is 5.32 Å². The summed E-state index contributed by atoms with van der Waals surface area (Å²) in [4.78, 5) is 12.2. The van der Waals surface area contributed by atoms with Gasteiger partial charge in [-0.2, -0.15) is 0 Å². The first-order valence-electron chi connectivity index (χ1n) is 7.42. The van der Waals surface area contributed by atoms with Crippen LogP contribution in [-0.2, 0) is 21.4 Å². The van der Waals surface area contributed by atoms with E-state index in [0.717, 1.165) is 21.7 Å². The second-order valence-corrected chi connectivity index (χ2v) is 8.32. The molecule has 0 spiro atoms. The van der Waals surface area contributed by atoms with Crippen LogP contribution in [-0.4, -0.2) is 27.1 Å². The molecule has 0 bridgehead atoms. The quantitative estimate of drug-likeness (QED) is 0.807. The molecule has 1 N–H and O–H groups in total. The molecule has 5 nitrogen and oxygen atoms in total. The lowest BCUT2D eigenvalue weighted by Crippen LogP contribution is -2.40. The molecule has 25 heavy (non-hydrogen) atoms. The number of halogens is 2. The molecule has 2 rings (SSSR count). The topological polar surface area (TPSA) is 66.5 Å². The molecule has 0 aliphatic rings. The van der Waals surface area contributed by atoms with Crippen molar-refractivity contribution in [2.45, 2.75) is 13.5 Å². The number of amides is 1. The van der Waals surface area contributed by atoms with E-state index in [1.165, 1.54) is 18.2 Å². The van der Waals surface area contributed by atoms with Gasteiger partial charge in [-0.25, -0.2) is 8.42 Å². The van der Waals surface area contributed by atoms with E-state index >= 15 is 0 Å². The molecule has 1 amide bonds. The largest absolute Gasteiger partial charge is 0.350 e. The van der Waals surface area contributed by atoms with Gasteiger partial charge in [-0.15, -0.1) is 0 Å². The van der Waals surface area contributed by atoms with Crippen LogP contribution >= 0.6 is 23.2 Å². The van der Waals surface area contributed by atoms with E-state index in [1.54, 1.807) is 0 Å². The van der Waals surface area contributed by atoms with E-state index in [4.69, 9.17) is 23.2 Å². The molecule has 2 aromatic carbocycles. The highest BCUT2D eigenvalue weighted by molar-refractivity contribution is 7.92. The molecule has 0 aliphatic carbocycles. The predicted molar refractivity (Wildman–Crippen MR) is 102 cm³/mol. The van der Waals surface area contributed by atoms with Gasteiger partial charge in [0.2, 0.25) is 15.9 Å². The van der Waals surface area contributed by atoms with Crippen LogP contribution in [0.5, 0.6) is 0 Å². The Kier molecular flexibility index (Phi) is 6.32. The van der Waals surface area contributed by atoms with Gasteiger partial charge in [-0.05, 0) is 36.2 Å². The summed E-state index contributed by atoms with van der Waals surface area (Å²) < 4.78 is 25.1. The Labute approximate surface area is 157 Å². The number of carbonyl (C=O) groups excluding carboxylic acids is 1. The molecule has 0 saturated heterocycles. The van der Waals surface area contributed by atoms with E-state index in [-0.39, 0.29) is 17.3 Å². The summed E-state index contributed by atoms with van der Waals surface area (Å²) in [6.45, 7) is 1.89. The zero-order chi connectivity index (χ0) is 18.6. The Bertz CT molecular complexity index is 885. The average Bonchev–Trinajstić information content (AvgIpc) is 2.51. The maximum atomic E-state index is 12.2. The molecule has 0 atom stereocenters. The van der Waals surface area contributed by atoms with Crippen LogP contribution in [0, 0.1) is 6.92 Å². The number of hydrogen-bond acceptors (Lipinski definition) is 3. The van der Waals surface area contributed by atoms with Crippen LogP contribution in [0.3, 0.4) is 0 Å². The van der Waals surface area contributed by atoms with Crippen LogP contribution in [0.4, 0.5) is 5.69 Å². The summed E-state index contributed by atoms with van der Waals surface area (Å²) in [6, 6.07) is 12.1. The van der Waals surface area contributed by atoms with Gasteiger partial charge < -0.3 is 5.32 Å².